The third kappa shape index (κ3) is 4.34. The molecule has 1 aliphatic rings. The minimum Gasteiger partial charge on any atom is -0.423 e. The summed E-state index contributed by atoms with van der Waals surface area (Å²) in [4.78, 5) is 33.7. The lowest BCUT2D eigenvalue weighted by Crippen LogP contribution is -2.26. The molecule has 0 spiro atoms. The van der Waals surface area contributed by atoms with Crippen LogP contribution in [-0.2, 0) is 16.0 Å². The van der Waals surface area contributed by atoms with Gasteiger partial charge in [0.15, 0.2) is 0 Å². The topological polar surface area (TPSA) is 87.4 Å². The van der Waals surface area contributed by atoms with E-state index in [9.17, 15) is 9.59 Å². The van der Waals surface area contributed by atoms with E-state index in [4.69, 9.17) is 9.47 Å². The number of likely N-dealkylation sites (N-methyl/N-ethyl adjacent to an activating group) is 1. The zero-order valence-corrected chi connectivity index (χ0v) is 19.3. The Labute approximate surface area is 197 Å². The first-order valence-electron chi connectivity index (χ1n) is 11.5. The van der Waals surface area contributed by atoms with Crippen LogP contribution in [0.25, 0.3) is 21.8 Å². The average Bonchev–Trinajstić information content (AvgIpc) is 3.53. The van der Waals surface area contributed by atoms with Crippen molar-refractivity contribution in [3.05, 3.63) is 72.1 Å². The van der Waals surface area contributed by atoms with Gasteiger partial charge in [-0.15, -0.1) is 0 Å². The fraction of sp³-hybridized carbons (Fsp3) is 0.259. The summed E-state index contributed by atoms with van der Waals surface area (Å²) in [6, 6.07) is 11.5. The van der Waals surface area contributed by atoms with Crippen molar-refractivity contribution in [3.63, 3.8) is 0 Å². The lowest BCUT2D eigenvalue weighted by Gasteiger charge is -2.19. The fourth-order valence-electron chi connectivity index (χ4n) is 4.78. The second-order valence-electron chi connectivity index (χ2n) is 8.80. The molecule has 0 bridgehead atoms. The maximum atomic E-state index is 12.5. The van der Waals surface area contributed by atoms with Gasteiger partial charge in [0, 0.05) is 52.4 Å². The van der Waals surface area contributed by atoms with Gasteiger partial charge in [-0.1, -0.05) is 12.1 Å². The van der Waals surface area contributed by atoms with Crippen molar-refractivity contribution >= 4 is 33.7 Å². The van der Waals surface area contributed by atoms with Gasteiger partial charge in [-0.25, -0.2) is 9.59 Å². The number of hydrogen-bond donors (Lipinski definition) is 2. The molecule has 1 fully saturated rings. The van der Waals surface area contributed by atoms with Gasteiger partial charge in [-0.05, 0) is 75.2 Å². The lowest BCUT2D eigenvalue weighted by molar-refractivity contribution is -0.131. The molecular formula is C27H27N3O4. The quantitative estimate of drug-likeness (QED) is 0.250. The summed E-state index contributed by atoms with van der Waals surface area (Å²) in [5, 5.41) is 1.74. The van der Waals surface area contributed by atoms with E-state index >= 15 is 0 Å². The minimum absolute atomic E-state index is 0.442. The number of aryl methyl sites for hydroxylation is 1. The van der Waals surface area contributed by atoms with E-state index < -0.39 is 11.9 Å². The Morgan fingerprint density at radius 2 is 1.59 bits per heavy atom. The van der Waals surface area contributed by atoms with Crippen molar-refractivity contribution in [3.8, 4) is 11.5 Å². The highest BCUT2D eigenvalue weighted by Gasteiger charge is 2.23. The first-order valence-corrected chi connectivity index (χ1v) is 11.5. The van der Waals surface area contributed by atoms with Gasteiger partial charge < -0.3 is 24.3 Å². The number of likely N-dealkylation sites (tertiary alicyclic amines) is 1. The fourth-order valence-corrected chi connectivity index (χ4v) is 4.78. The molecule has 0 amide bonds. The van der Waals surface area contributed by atoms with Gasteiger partial charge in [-0.3, -0.25) is 0 Å². The Balaban J connectivity index is 1.29. The molecule has 4 aromatic rings. The number of rotatable bonds is 6. The van der Waals surface area contributed by atoms with Gasteiger partial charge in [-0.2, -0.15) is 0 Å². The predicted octanol–water partition coefficient (Wildman–Crippen LogP) is 4.66. The van der Waals surface area contributed by atoms with E-state index in [2.05, 4.69) is 21.9 Å². The van der Waals surface area contributed by atoms with Crippen molar-refractivity contribution in [1.29, 1.82) is 0 Å². The average molecular weight is 458 g/mol. The number of esters is 2. The van der Waals surface area contributed by atoms with Crippen molar-refractivity contribution in [2.75, 3.05) is 13.6 Å². The van der Waals surface area contributed by atoms with Gasteiger partial charge in [0.25, 0.3) is 0 Å². The van der Waals surface area contributed by atoms with Gasteiger partial charge in [0.1, 0.15) is 11.5 Å². The number of carbonyl (C=O) groups is 2. The number of benzene rings is 2. The molecule has 0 unspecified atom stereocenters. The number of hydrogen-bond acceptors (Lipinski definition) is 5. The number of carbonyl (C=O) groups excluding carboxylic acids is 2. The summed E-state index contributed by atoms with van der Waals surface area (Å²) in [6.45, 7) is 3.04. The zero-order valence-electron chi connectivity index (χ0n) is 19.3. The highest BCUT2D eigenvalue weighted by atomic mass is 16.5. The minimum atomic E-state index is -0.644. The van der Waals surface area contributed by atoms with E-state index in [-0.39, 0.29) is 0 Å². The summed E-state index contributed by atoms with van der Waals surface area (Å²) in [6.07, 6.45) is 9.28. The second kappa shape index (κ2) is 9.19. The van der Waals surface area contributed by atoms with Crippen LogP contribution in [0.15, 0.2) is 60.9 Å². The normalized spacial score (nSPS) is 16.6. The molecule has 0 aliphatic carbocycles. The summed E-state index contributed by atoms with van der Waals surface area (Å²) >= 11 is 0. The van der Waals surface area contributed by atoms with Crippen LogP contribution in [0.4, 0.5) is 0 Å². The Kier molecular flexibility index (Phi) is 5.94. The van der Waals surface area contributed by atoms with Crippen LogP contribution in [0.3, 0.4) is 0 Å². The highest BCUT2D eigenvalue weighted by Crippen LogP contribution is 2.32. The molecule has 7 nitrogen and oxygen atoms in total. The first-order chi connectivity index (χ1) is 16.5. The van der Waals surface area contributed by atoms with Crippen molar-refractivity contribution in [2.45, 2.75) is 32.2 Å². The largest absolute Gasteiger partial charge is 0.423 e. The highest BCUT2D eigenvalue weighted by molar-refractivity contribution is 5.98. The summed E-state index contributed by atoms with van der Waals surface area (Å²) in [7, 11) is 2.15. The first kappa shape index (κ1) is 22.0. The van der Waals surface area contributed by atoms with E-state index in [0.29, 0.717) is 17.5 Å². The molecule has 2 aromatic heterocycles. The summed E-state index contributed by atoms with van der Waals surface area (Å²) in [5.74, 6) is -0.358. The molecule has 1 saturated heterocycles. The number of nitrogens with one attached hydrogen (secondary N) is 2. The van der Waals surface area contributed by atoms with Crippen LogP contribution in [0.5, 0.6) is 11.5 Å². The van der Waals surface area contributed by atoms with Crippen molar-refractivity contribution in [2.24, 2.45) is 0 Å². The van der Waals surface area contributed by atoms with Crippen molar-refractivity contribution in [1.82, 2.24) is 14.9 Å². The molecule has 2 aromatic carbocycles. The third-order valence-electron chi connectivity index (χ3n) is 6.52. The number of nitrogens with zero attached hydrogens (tertiary/aromatic N) is 1. The zero-order chi connectivity index (χ0) is 23.7. The lowest BCUT2D eigenvalue weighted by atomic mass is 10.0. The molecule has 34 heavy (non-hydrogen) atoms. The number of H-pyrrole nitrogens is 2. The van der Waals surface area contributed by atoms with Crippen molar-refractivity contribution < 1.29 is 19.1 Å². The van der Waals surface area contributed by atoms with Crippen LogP contribution in [0.2, 0.25) is 0 Å². The van der Waals surface area contributed by atoms with Gasteiger partial charge in [0.05, 0.1) is 0 Å². The van der Waals surface area contributed by atoms with E-state index in [1.54, 1.807) is 18.2 Å². The smallest absolute Gasteiger partial charge is 0.336 e. The van der Waals surface area contributed by atoms with E-state index in [1.165, 1.54) is 6.42 Å². The number of aromatic nitrogens is 2. The maximum absolute atomic E-state index is 12.5. The Hall–Kier alpha value is -3.84. The molecule has 2 N–H and O–H groups in total. The third-order valence-corrected chi connectivity index (χ3v) is 6.52. The monoisotopic (exact) mass is 457 g/mol. The standard InChI is InChI=1S/C27H27N3O4/c1-17-15-28-20-7-3-9-22(26(17)20)33-24(31)11-12-25(32)34-23-10-4-8-21-27(23)18(16-29-21)14-19-6-5-13-30(19)2/h3-4,7-12,15-16,19,28-29H,5-6,13-14H2,1-2H3/b12-11+/t19-/m1/s1. The SMILES string of the molecule is Cc1c[nH]c2cccc(OC(=O)/C=C/C(=O)Oc3cccc4[nH]cc(C[C@H]5CCCN5C)c34)c12. The van der Waals surface area contributed by atoms with Gasteiger partial charge >= 0.3 is 11.9 Å². The van der Waals surface area contributed by atoms with E-state index in [0.717, 1.165) is 64.5 Å². The van der Waals surface area contributed by atoms with Crippen LogP contribution < -0.4 is 9.47 Å². The van der Waals surface area contributed by atoms with E-state index in [1.807, 2.05) is 37.5 Å². The van der Waals surface area contributed by atoms with Crippen LogP contribution in [0, 0.1) is 6.92 Å². The molecule has 7 heteroatoms. The molecular weight excluding hydrogens is 430 g/mol. The Bertz CT molecular complexity index is 1400. The maximum Gasteiger partial charge on any atom is 0.336 e. The molecule has 174 valence electrons. The molecule has 3 heterocycles. The number of fused-ring (bicyclic) bond motifs is 2. The summed E-state index contributed by atoms with van der Waals surface area (Å²) in [5.41, 5.74) is 3.89. The van der Waals surface area contributed by atoms with Crippen LogP contribution in [-0.4, -0.2) is 46.4 Å². The molecule has 5 rings (SSSR count). The van der Waals surface area contributed by atoms with Crippen LogP contribution >= 0.6 is 0 Å². The second-order valence-corrected chi connectivity index (χ2v) is 8.80. The molecule has 0 saturated carbocycles. The number of aromatic amines is 2. The Morgan fingerprint density at radius 3 is 2.24 bits per heavy atom. The predicted molar refractivity (Wildman–Crippen MR) is 131 cm³/mol. The molecule has 0 radical (unpaired) electrons. The summed E-state index contributed by atoms with van der Waals surface area (Å²) < 4.78 is 11.1. The Morgan fingerprint density at radius 1 is 0.971 bits per heavy atom. The molecule has 1 aliphatic heterocycles. The number of ether oxygens (including phenoxy) is 2. The molecule has 1 atom stereocenters. The van der Waals surface area contributed by atoms with Crippen LogP contribution in [0.1, 0.15) is 24.0 Å². The van der Waals surface area contributed by atoms with Gasteiger partial charge in [0.2, 0.25) is 0 Å².